The molecule has 0 radical (unpaired) electrons. The summed E-state index contributed by atoms with van der Waals surface area (Å²) < 4.78 is 3.88. The van der Waals surface area contributed by atoms with Gasteiger partial charge in [-0.1, -0.05) is 6.07 Å². The monoisotopic (exact) mass is 353 g/mol. The number of aromatic nitrogens is 5. The van der Waals surface area contributed by atoms with Gasteiger partial charge in [-0.2, -0.15) is 5.10 Å². The molecule has 26 heavy (non-hydrogen) atoms. The molecule has 4 rings (SSSR count). The first-order chi connectivity index (χ1) is 12.8. The van der Waals surface area contributed by atoms with Gasteiger partial charge in [0.25, 0.3) is 0 Å². The number of hydrogen-bond acceptors (Lipinski definition) is 5. The second-order valence-corrected chi connectivity index (χ2v) is 6.60. The molecule has 0 atom stereocenters. The van der Waals surface area contributed by atoms with Crippen LogP contribution in [0.5, 0.6) is 0 Å². The number of rotatable bonds is 6. The minimum absolute atomic E-state index is 0.0788. The van der Waals surface area contributed by atoms with Crippen molar-refractivity contribution in [2.45, 2.75) is 25.8 Å². The van der Waals surface area contributed by atoms with Crippen molar-refractivity contribution in [1.82, 2.24) is 29.7 Å². The van der Waals surface area contributed by atoms with Crippen LogP contribution in [0.4, 0.5) is 5.95 Å². The number of pyridine rings is 1. The van der Waals surface area contributed by atoms with Crippen LogP contribution in [-0.4, -0.2) is 49.9 Å². The molecule has 0 spiro atoms. The number of aryl methyl sites for hydroxylation is 1. The molecule has 1 saturated heterocycles. The lowest BCUT2D eigenvalue weighted by Gasteiger charge is -2.31. The Morgan fingerprint density at radius 1 is 1.15 bits per heavy atom. The maximum Gasteiger partial charge on any atom is 0.231 e. The van der Waals surface area contributed by atoms with Gasteiger partial charge in [0.1, 0.15) is 0 Å². The van der Waals surface area contributed by atoms with Crippen LogP contribution in [0.2, 0.25) is 0 Å². The number of carbonyl (C=O) groups excluding carboxylic acids is 1. The Bertz CT molecular complexity index is 849. The molecule has 1 amide bonds. The molecule has 3 aromatic heterocycles. The van der Waals surface area contributed by atoms with Gasteiger partial charge >= 0.3 is 0 Å². The number of piperidine rings is 1. The van der Waals surface area contributed by atoms with Crippen molar-refractivity contribution in [1.29, 1.82) is 0 Å². The fourth-order valence-corrected chi connectivity index (χ4v) is 3.42. The lowest BCUT2D eigenvalue weighted by Crippen LogP contribution is -2.41. The second kappa shape index (κ2) is 7.55. The predicted molar refractivity (Wildman–Crippen MR) is 97.8 cm³/mol. The van der Waals surface area contributed by atoms with Crippen molar-refractivity contribution in [2.75, 3.05) is 24.5 Å². The van der Waals surface area contributed by atoms with E-state index < -0.39 is 0 Å². The Hall–Kier alpha value is -2.90. The van der Waals surface area contributed by atoms with E-state index in [9.17, 15) is 4.79 Å². The molecule has 0 saturated carbocycles. The van der Waals surface area contributed by atoms with Crippen LogP contribution < -0.4 is 10.2 Å². The lowest BCUT2D eigenvalue weighted by molar-refractivity contribution is -0.125. The largest absolute Gasteiger partial charge is 0.356 e. The van der Waals surface area contributed by atoms with E-state index in [0.29, 0.717) is 6.54 Å². The van der Waals surface area contributed by atoms with E-state index in [0.717, 1.165) is 50.5 Å². The number of fused-ring (bicyclic) bond motifs is 1. The predicted octanol–water partition coefficient (Wildman–Crippen LogP) is 1.35. The summed E-state index contributed by atoms with van der Waals surface area (Å²) in [6, 6.07) is 7.78. The molecule has 1 fully saturated rings. The number of hydrogen-bond donors (Lipinski definition) is 1. The summed E-state index contributed by atoms with van der Waals surface area (Å²) in [6.07, 6.45) is 8.25. The fraction of sp³-hybridized carbons (Fsp3) is 0.444. The van der Waals surface area contributed by atoms with Crippen LogP contribution in [0.25, 0.3) is 5.65 Å². The highest BCUT2D eigenvalue weighted by Gasteiger charge is 2.26. The molecule has 1 N–H and O–H groups in total. The summed E-state index contributed by atoms with van der Waals surface area (Å²) >= 11 is 0. The first kappa shape index (κ1) is 16.6. The minimum Gasteiger partial charge on any atom is -0.356 e. The average Bonchev–Trinajstić information content (AvgIpc) is 3.35. The van der Waals surface area contributed by atoms with Gasteiger partial charge in [0.2, 0.25) is 11.9 Å². The molecule has 1 aliphatic heterocycles. The van der Waals surface area contributed by atoms with E-state index in [1.54, 1.807) is 6.20 Å². The molecule has 0 unspecified atom stereocenters. The zero-order valence-electron chi connectivity index (χ0n) is 14.7. The van der Waals surface area contributed by atoms with Crippen LogP contribution in [0.3, 0.4) is 0 Å². The van der Waals surface area contributed by atoms with Crippen LogP contribution >= 0.6 is 0 Å². The van der Waals surface area contributed by atoms with Crippen molar-refractivity contribution in [3.8, 4) is 0 Å². The van der Waals surface area contributed by atoms with Gasteiger partial charge in [-0.25, -0.2) is 0 Å². The molecule has 3 aromatic rings. The van der Waals surface area contributed by atoms with Crippen LogP contribution in [0, 0.1) is 5.92 Å². The number of nitrogens with zero attached hydrogens (tertiary/aromatic N) is 6. The maximum atomic E-state index is 12.4. The SMILES string of the molecule is O=C(NCCCn1cccn1)C1CCN(c2nnc3ccccn23)CC1. The van der Waals surface area contributed by atoms with Crippen LogP contribution in [0.1, 0.15) is 19.3 Å². The van der Waals surface area contributed by atoms with Crippen molar-refractivity contribution >= 4 is 17.5 Å². The molecule has 4 heterocycles. The standard InChI is InChI=1S/C18H23N7O/c26-17(19-8-3-10-24-11-4-9-20-24)15-6-13-23(14-7-15)18-22-21-16-5-1-2-12-25(16)18/h1-2,4-5,9,11-12,15H,3,6-8,10,13-14H2,(H,19,26). The highest BCUT2D eigenvalue weighted by molar-refractivity contribution is 5.78. The highest BCUT2D eigenvalue weighted by atomic mass is 16.1. The molecule has 0 bridgehead atoms. The van der Waals surface area contributed by atoms with Gasteiger partial charge in [-0.15, -0.1) is 10.2 Å². The van der Waals surface area contributed by atoms with E-state index in [1.807, 2.05) is 45.7 Å². The van der Waals surface area contributed by atoms with Crippen molar-refractivity contribution in [2.24, 2.45) is 5.92 Å². The molecule has 0 aromatic carbocycles. The fourth-order valence-electron chi connectivity index (χ4n) is 3.42. The normalized spacial score (nSPS) is 15.5. The van der Waals surface area contributed by atoms with Gasteiger partial charge < -0.3 is 10.2 Å². The first-order valence-corrected chi connectivity index (χ1v) is 9.11. The first-order valence-electron chi connectivity index (χ1n) is 9.11. The van der Waals surface area contributed by atoms with E-state index in [-0.39, 0.29) is 11.8 Å². The molecule has 8 heteroatoms. The summed E-state index contributed by atoms with van der Waals surface area (Å²) in [5, 5.41) is 15.7. The summed E-state index contributed by atoms with van der Waals surface area (Å²) in [5.74, 6) is 1.10. The number of amides is 1. The second-order valence-electron chi connectivity index (χ2n) is 6.60. The topological polar surface area (TPSA) is 80.3 Å². The zero-order valence-corrected chi connectivity index (χ0v) is 14.7. The van der Waals surface area contributed by atoms with E-state index >= 15 is 0 Å². The highest BCUT2D eigenvalue weighted by Crippen LogP contribution is 2.22. The van der Waals surface area contributed by atoms with Gasteiger partial charge in [-0.3, -0.25) is 13.9 Å². The molecule has 1 aliphatic rings. The van der Waals surface area contributed by atoms with E-state index in [2.05, 4.69) is 25.5 Å². The third-order valence-corrected chi connectivity index (χ3v) is 4.87. The zero-order chi connectivity index (χ0) is 17.8. The van der Waals surface area contributed by atoms with E-state index in [4.69, 9.17) is 0 Å². The van der Waals surface area contributed by atoms with Crippen LogP contribution in [-0.2, 0) is 11.3 Å². The molecule has 136 valence electrons. The summed E-state index contributed by atoms with van der Waals surface area (Å²) in [5.41, 5.74) is 0.847. The molecule has 8 nitrogen and oxygen atoms in total. The molecular formula is C18H23N7O. The Balaban J connectivity index is 1.24. The molecular weight excluding hydrogens is 330 g/mol. The van der Waals surface area contributed by atoms with Crippen LogP contribution in [0.15, 0.2) is 42.9 Å². The lowest BCUT2D eigenvalue weighted by atomic mass is 9.96. The third-order valence-electron chi connectivity index (χ3n) is 4.87. The smallest absolute Gasteiger partial charge is 0.231 e. The van der Waals surface area contributed by atoms with Crippen molar-refractivity contribution < 1.29 is 4.79 Å². The summed E-state index contributed by atoms with van der Waals surface area (Å²) in [7, 11) is 0. The third kappa shape index (κ3) is 3.54. The molecule has 0 aliphatic carbocycles. The van der Waals surface area contributed by atoms with Gasteiger partial charge in [0.15, 0.2) is 5.65 Å². The van der Waals surface area contributed by atoms with Gasteiger partial charge in [0.05, 0.1) is 0 Å². The minimum atomic E-state index is 0.0788. The Morgan fingerprint density at radius 2 is 2.04 bits per heavy atom. The summed E-state index contributed by atoms with van der Waals surface area (Å²) in [4.78, 5) is 14.6. The Morgan fingerprint density at radius 3 is 2.85 bits per heavy atom. The van der Waals surface area contributed by atoms with Crippen molar-refractivity contribution in [3.63, 3.8) is 0 Å². The number of anilines is 1. The number of nitrogens with one attached hydrogen (secondary N) is 1. The quantitative estimate of drug-likeness (QED) is 0.677. The maximum absolute atomic E-state index is 12.4. The Kier molecular flexibility index (Phi) is 4.81. The Labute approximate surface area is 151 Å². The number of carbonyl (C=O) groups is 1. The average molecular weight is 353 g/mol. The van der Waals surface area contributed by atoms with Gasteiger partial charge in [-0.05, 0) is 37.5 Å². The van der Waals surface area contributed by atoms with Crippen molar-refractivity contribution in [3.05, 3.63) is 42.9 Å². The summed E-state index contributed by atoms with van der Waals surface area (Å²) in [6.45, 7) is 3.15. The van der Waals surface area contributed by atoms with E-state index in [1.165, 1.54) is 0 Å². The van der Waals surface area contributed by atoms with Gasteiger partial charge in [0, 0.05) is 50.7 Å².